The van der Waals surface area contributed by atoms with E-state index in [2.05, 4.69) is 17.4 Å². The number of carboxylic acid groups (broad SMARTS) is 2. The first-order chi connectivity index (χ1) is 13.9. The second-order valence-electron chi connectivity index (χ2n) is 5.99. The first-order valence-corrected chi connectivity index (χ1v) is 9.16. The molecule has 0 saturated heterocycles. The molecule has 0 aliphatic carbocycles. The van der Waals surface area contributed by atoms with E-state index in [1.807, 2.05) is 24.3 Å². The molecule has 1 aliphatic rings. The number of benzene rings is 2. The molecule has 0 amide bonds. The van der Waals surface area contributed by atoms with E-state index in [9.17, 15) is 0 Å². The van der Waals surface area contributed by atoms with E-state index in [0.29, 0.717) is 24.0 Å². The summed E-state index contributed by atoms with van der Waals surface area (Å²) in [7, 11) is 1.68. The van der Waals surface area contributed by atoms with Gasteiger partial charge < -0.3 is 29.7 Å². The maximum atomic E-state index is 9.10. The molecule has 1 aliphatic heterocycles. The minimum Gasteiger partial charge on any atom is -0.497 e. The summed E-state index contributed by atoms with van der Waals surface area (Å²) in [5.41, 5.74) is 2.37. The van der Waals surface area contributed by atoms with Gasteiger partial charge in [0, 0.05) is 6.54 Å². The van der Waals surface area contributed by atoms with Crippen LogP contribution >= 0.6 is 11.6 Å². The molecule has 2 aromatic carbocycles. The fourth-order valence-electron chi connectivity index (χ4n) is 2.52. The van der Waals surface area contributed by atoms with Gasteiger partial charge in [-0.15, -0.1) is 0 Å². The monoisotopic (exact) mass is 423 g/mol. The number of methoxy groups -OCH3 is 1. The van der Waals surface area contributed by atoms with Gasteiger partial charge in [0.05, 0.1) is 12.1 Å². The summed E-state index contributed by atoms with van der Waals surface area (Å²) in [5, 5.41) is 18.8. The number of halogens is 1. The van der Waals surface area contributed by atoms with Crippen LogP contribution < -0.4 is 19.5 Å². The summed E-state index contributed by atoms with van der Waals surface area (Å²) in [4.78, 5) is 18.2. The Kier molecular flexibility index (Phi) is 8.57. The number of aliphatic carboxylic acids is 2. The number of rotatable bonds is 6. The van der Waals surface area contributed by atoms with Crippen LogP contribution in [0.2, 0.25) is 5.02 Å². The number of nitrogens with one attached hydrogen (secondary N) is 1. The molecule has 2 aromatic rings. The van der Waals surface area contributed by atoms with Crippen molar-refractivity contribution in [3.05, 3.63) is 52.5 Å². The van der Waals surface area contributed by atoms with Gasteiger partial charge in [-0.3, -0.25) is 0 Å². The Morgan fingerprint density at radius 3 is 2.34 bits per heavy atom. The highest BCUT2D eigenvalue weighted by Gasteiger charge is 2.16. The van der Waals surface area contributed by atoms with E-state index in [0.717, 1.165) is 36.6 Å². The van der Waals surface area contributed by atoms with Gasteiger partial charge in [0.15, 0.2) is 11.5 Å². The zero-order valence-corrected chi connectivity index (χ0v) is 16.6. The summed E-state index contributed by atoms with van der Waals surface area (Å²) in [6.07, 6.45) is 0.961. The summed E-state index contributed by atoms with van der Waals surface area (Å²) in [6.45, 7) is 2.74. The third kappa shape index (κ3) is 7.17. The van der Waals surface area contributed by atoms with Gasteiger partial charge in [-0.1, -0.05) is 23.7 Å². The molecule has 29 heavy (non-hydrogen) atoms. The Morgan fingerprint density at radius 2 is 1.72 bits per heavy atom. The lowest BCUT2D eigenvalue weighted by atomic mass is 10.1. The van der Waals surface area contributed by atoms with E-state index in [4.69, 9.17) is 45.6 Å². The fourth-order valence-corrected chi connectivity index (χ4v) is 2.81. The third-order valence-corrected chi connectivity index (χ3v) is 4.20. The van der Waals surface area contributed by atoms with Crippen LogP contribution in [0.4, 0.5) is 0 Å². The fraction of sp³-hybridized carbons (Fsp3) is 0.300. The smallest absolute Gasteiger partial charge is 0.414 e. The molecule has 0 unspecified atom stereocenters. The van der Waals surface area contributed by atoms with E-state index >= 15 is 0 Å². The van der Waals surface area contributed by atoms with Gasteiger partial charge in [0.2, 0.25) is 0 Å². The van der Waals surface area contributed by atoms with E-state index < -0.39 is 11.9 Å². The summed E-state index contributed by atoms with van der Waals surface area (Å²) in [5.74, 6) is -1.38. The van der Waals surface area contributed by atoms with Crippen LogP contribution in [-0.4, -0.2) is 49.0 Å². The number of carboxylic acids is 2. The van der Waals surface area contributed by atoms with Crippen molar-refractivity contribution in [2.75, 3.05) is 26.9 Å². The molecule has 0 radical (unpaired) electrons. The van der Waals surface area contributed by atoms with Crippen LogP contribution in [-0.2, 0) is 22.6 Å². The molecule has 0 atom stereocenters. The van der Waals surface area contributed by atoms with Gasteiger partial charge in [0.25, 0.3) is 0 Å². The van der Waals surface area contributed by atoms with Crippen molar-refractivity contribution in [3.8, 4) is 17.2 Å². The Morgan fingerprint density at radius 1 is 1.07 bits per heavy atom. The number of hydrogen-bond donors (Lipinski definition) is 3. The topological polar surface area (TPSA) is 114 Å². The maximum absolute atomic E-state index is 9.10. The number of carbonyl (C=O) groups is 2. The molecule has 8 nitrogen and oxygen atoms in total. The van der Waals surface area contributed by atoms with Crippen LogP contribution in [0.25, 0.3) is 0 Å². The molecule has 1 heterocycles. The minimum absolute atomic E-state index is 0.548. The van der Waals surface area contributed by atoms with Crippen molar-refractivity contribution in [3.63, 3.8) is 0 Å². The second kappa shape index (κ2) is 11.1. The number of fused-ring (bicyclic) bond motifs is 1. The zero-order chi connectivity index (χ0) is 21.2. The van der Waals surface area contributed by atoms with Crippen LogP contribution in [0, 0.1) is 0 Å². The maximum Gasteiger partial charge on any atom is 0.414 e. The highest BCUT2D eigenvalue weighted by molar-refractivity contribution is 6.32. The van der Waals surface area contributed by atoms with Crippen LogP contribution in [0.1, 0.15) is 11.1 Å². The Hall–Kier alpha value is -2.97. The number of ether oxygens (including phenoxy) is 3. The highest BCUT2D eigenvalue weighted by Crippen LogP contribution is 2.38. The lowest BCUT2D eigenvalue weighted by molar-refractivity contribution is -0.159. The minimum atomic E-state index is -1.82. The van der Waals surface area contributed by atoms with Crippen molar-refractivity contribution in [2.24, 2.45) is 0 Å². The Labute approximate surface area is 173 Å². The standard InChI is InChI=1S/C18H20ClNO3.C2H2O4/c1-21-15-4-2-13(3-5-15)6-7-20-12-14-10-16(19)18-17(11-14)22-8-9-23-18;3-1(4)2(5)6/h2-5,10-11,20H,6-9,12H2,1H3;(H,3,4)(H,5,6). The van der Waals surface area contributed by atoms with Crippen molar-refractivity contribution in [1.29, 1.82) is 0 Å². The van der Waals surface area contributed by atoms with Gasteiger partial charge in [-0.05, 0) is 48.4 Å². The predicted octanol–water partition coefficient (Wildman–Crippen LogP) is 2.61. The van der Waals surface area contributed by atoms with Crippen molar-refractivity contribution in [2.45, 2.75) is 13.0 Å². The Balaban J connectivity index is 0.000000438. The van der Waals surface area contributed by atoms with Gasteiger partial charge >= 0.3 is 11.9 Å². The first kappa shape index (κ1) is 22.3. The van der Waals surface area contributed by atoms with Gasteiger partial charge in [0.1, 0.15) is 19.0 Å². The molecule has 9 heteroatoms. The van der Waals surface area contributed by atoms with Crippen molar-refractivity contribution in [1.82, 2.24) is 5.32 Å². The largest absolute Gasteiger partial charge is 0.497 e. The average Bonchev–Trinajstić information content (AvgIpc) is 2.72. The van der Waals surface area contributed by atoms with Crippen LogP contribution in [0.3, 0.4) is 0 Å². The van der Waals surface area contributed by atoms with Crippen molar-refractivity contribution < 1.29 is 34.0 Å². The first-order valence-electron chi connectivity index (χ1n) is 8.78. The highest BCUT2D eigenvalue weighted by atomic mass is 35.5. The number of hydrogen-bond acceptors (Lipinski definition) is 6. The molecule has 0 saturated carbocycles. The summed E-state index contributed by atoms with van der Waals surface area (Å²) >= 11 is 6.24. The van der Waals surface area contributed by atoms with Crippen LogP contribution in [0.5, 0.6) is 17.2 Å². The molecular formula is C20H22ClNO7. The average molecular weight is 424 g/mol. The Bertz CT molecular complexity index is 827. The molecule has 0 spiro atoms. The van der Waals surface area contributed by atoms with Crippen molar-refractivity contribution >= 4 is 23.5 Å². The predicted molar refractivity (Wildman–Crippen MR) is 106 cm³/mol. The molecule has 0 aromatic heterocycles. The lowest BCUT2D eigenvalue weighted by Gasteiger charge is -2.20. The zero-order valence-electron chi connectivity index (χ0n) is 15.8. The quantitative estimate of drug-likeness (QED) is 0.480. The molecule has 3 rings (SSSR count). The lowest BCUT2D eigenvalue weighted by Crippen LogP contribution is -2.18. The van der Waals surface area contributed by atoms with Crippen LogP contribution in [0.15, 0.2) is 36.4 Å². The normalized spacial score (nSPS) is 11.8. The van der Waals surface area contributed by atoms with Gasteiger partial charge in [-0.25, -0.2) is 9.59 Å². The molecule has 3 N–H and O–H groups in total. The summed E-state index contributed by atoms with van der Waals surface area (Å²) < 4.78 is 16.3. The molecule has 0 fully saturated rings. The summed E-state index contributed by atoms with van der Waals surface area (Å²) in [6, 6.07) is 12.0. The SMILES string of the molecule is COc1ccc(CCNCc2cc(Cl)c3c(c2)OCCO3)cc1.O=C(O)C(=O)O. The molecule has 0 bridgehead atoms. The molecular weight excluding hydrogens is 402 g/mol. The van der Waals surface area contributed by atoms with E-state index in [1.165, 1.54) is 5.56 Å². The van der Waals surface area contributed by atoms with Gasteiger partial charge in [-0.2, -0.15) is 0 Å². The molecule has 156 valence electrons. The van der Waals surface area contributed by atoms with E-state index in [1.54, 1.807) is 7.11 Å². The second-order valence-corrected chi connectivity index (χ2v) is 6.39. The third-order valence-electron chi connectivity index (χ3n) is 3.92. The van der Waals surface area contributed by atoms with E-state index in [-0.39, 0.29) is 0 Å².